The Morgan fingerprint density at radius 3 is 2.53 bits per heavy atom. The molecule has 0 unspecified atom stereocenters. The van der Waals surface area contributed by atoms with Crippen molar-refractivity contribution in [2.75, 3.05) is 6.61 Å². The zero-order valence-corrected chi connectivity index (χ0v) is 16.1. The van der Waals surface area contributed by atoms with E-state index in [1.54, 1.807) is 0 Å². The van der Waals surface area contributed by atoms with Crippen LogP contribution in [0.3, 0.4) is 0 Å². The van der Waals surface area contributed by atoms with E-state index in [2.05, 4.69) is 16.0 Å². The van der Waals surface area contributed by atoms with Crippen LogP contribution in [0.15, 0.2) is 54.9 Å². The normalized spacial score (nSPS) is 13.5. The van der Waals surface area contributed by atoms with Crippen molar-refractivity contribution in [1.82, 2.24) is 14.9 Å². The second-order valence-electron chi connectivity index (χ2n) is 7.13. The van der Waals surface area contributed by atoms with Crippen LogP contribution in [-0.4, -0.2) is 33.6 Å². The summed E-state index contributed by atoms with van der Waals surface area (Å²) >= 11 is 0. The number of fused-ring (bicyclic) bond motifs is 1. The van der Waals surface area contributed by atoms with Gasteiger partial charge in [0, 0.05) is 6.54 Å². The molecule has 0 fully saturated rings. The second kappa shape index (κ2) is 7.78. The summed E-state index contributed by atoms with van der Waals surface area (Å²) in [6, 6.07) is 16.0. The molecule has 3 aromatic rings. The van der Waals surface area contributed by atoms with Crippen molar-refractivity contribution in [3.63, 3.8) is 0 Å². The van der Waals surface area contributed by atoms with Crippen LogP contribution in [0.25, 0.3) is 11.1 Å². The summed E-state index contributed by atoms with van der Waals surface area (Å²) in [5.41, 5.74) is 4.60. The maximum absolute atomic E-state index is 12.8. The highest BCUT2D eigenvalue weighted by molar-refractivity contribution is 5.99. The van der Waals surface area contributed by atoms with E-state index >= 15 is 0 Å². The molecule has 0 aliphatic carbocycles. The lowest BCUT2D eigenvalue weighted by Crippen LogP contribution is -2.24. The van der Waals surface area contributed by atoms with E-state index in [0.717, 1.165) is 23.0 Å². The standard InChI is InChI=1S/C22H18F3N3O2/c1-14-3-2-4-17(9-14)16-7-5-15(6-8-16)10-28-11-18-19(21(28)29)20(27-13-26-18)30-12-22(23,24)25/h2-9,13H,10-12H2,1H3. The third-order valence-electron chi connectivity index (χ3n) is 4.78. The van der Waals surface area contributed by atoms with Gasteiger partial charge in [-0.15, -0.1) is 0 Å². The quantitative estimate of drug-likeness (QED) is 0.616. The summed E-state index contributed by atoms with van der Waals surface area (Å²) in [5, 5.41) is 0. The Bertz CT molecular complexity index is 1080. The average Bonchev–Trinajstić information content (AvgIpc) is 3.02. The molecular weight excluding hydrogens is 395 g/mol. The number of hydrogen-bond donors (Lipinski definition) is 0. The first-order valence-electron chi connectivity index (χ1n) is 9.29. The Labute approximate surface area is 171 Å². The highest BCUT2D eigenvalue weighted by Crippen LogP contribution is 2.30. The van der Waals surface area contributed by atoms with E-state index in [4.69, 9.17) is 4.74 Å². The first-order chi connectivity index (χ1) is 14.3. The van der Waals surface area contributed by atoms with Gasteiger partial charge in [0.2, 0.25) is 5.88 Å². The fraction of sp³-hybridized carbons (Fsp3) is 0.227. The van der Waals surface area contributed by atoms with Crippen LogP contribution in [0.2, 0.25) is 0 Å². The molecule has 4 rings (SSSR count). The predicted molar refractivity (Wildman–Crippen MR) is 104 cm³/mol. The van der Waals surface area contributed by atoms with Crippen LogP contribution in [-0.2, 0) is 13.1 Å². The molecule has 0 spiro atoms. The van der Waals surface area contributed by atoms with Crippen LogP contribution in [0.1, 0.15) is 27.2 Å². The zero-order valence-electron chi connectivity index (χ0n) is 16.1. The summed E-state index contributed by atoms with van der Waals surface area (Å²) in [6.07, 6.45) is -3.41. The smallest absolute Gasteiger partial charge is 0.422 e. The van der Waals surface area contributed by atoms with Crippen LogP contribution < -0.4 is 4.74 Å². The molecule has 2 heterocycles. The number of alkyl halides is 3. The summed E-state index contributed by atoms with van der Waals surface area (Å²) in [7, 11) is 0. The minimum atomic E-state index is -4.52. The van der Waals surface area contributed by atoms with Gasteiger partial charge in [0.15, 0.2) is 6.61 Å². The number of benzene rings is 2. The molecule has 5 nitrogen and oxygen atoms in total. The van der Waals surface area contributed by atoms with Crippen molar-refractivity contribution in [3.8, 4) is 17.0 Å². The monoisotopic (exact) mass is 413 g/mol. The largest absolute Gasteiger partial charge is 0.467 e. The first-order valence-corrected chi connectivity index (χ1v) is 9.29. The van der Waals surface area contributed by atoms with Crippen molar-refractivity contribution in [2.24, 2.45) is 0 Å². The third kappa shape index (κ3) is 4.27. The molecule has 0 atom stereocenters. The topological polar surface area (TPSA) is 55.3 Å². The Kier molecular flexibility index (Phi) is 5.15. The third-order valence-corrected chi connectivity index (χ3v) is 4.78. The predicted octanol–water partition coefficient (Wildman–Crippen LogP) is 4.55. The number of aryl methyl sites for hydroxylation is 1. The minimum absolute atomic E-state index is 0.00173. The van der Waals surface area contributed by atoms with E-state index in [9.17, 15) is 18.0 Å². The molecule has 1 amide bonds. The van der Waals surface area contributed by atoms with Gasteiger partial charge >= 0.3 is 6.18 Å². The number of hydrogen-bond acceptors (Lipinski definition) is 4. The Hall–Kier alpha value is -3.42. The number of nitrogens with zero attached hydrogens (tertiary/aromatic N) is 3. The Morgan fingerprint density at radius 1 is 1.07 bits per heavy atom. The maximum Gasteiger partial charge on any atom is 0.422 e. The van der Waals surface area contributed by atoms with E-state index in [0.29, 0.717) is 12.2 Å². The molecule has 1 aliphatic rings. The van der Waals surface area contributed by atoms with Crippen LogP contribution in [0.4, 0.5) is 13.2 Å². The average molecular weight is 413 g/mol. The fourth-order valence-electron chi connectivity index (χ4n) is 3.38. The van der Waals surface area contributed by atoms with Crippen molar-refractivity contribution >= 4 is 5.91 Å². The molecule has 1 aromatic heterocycles. The highest BCUT2D eigenvalue weighted by Gasteiger charge is 2.35. The van der Waals surface area contributed by atoms with Gasteiger partial charge in [-0.3, -0.25) is 4.79 Å². The number of carbonyl (C=O) groups excluding carboxylic acids is 1. The minimum Gasteiger partial charge on any atom is -0.467 e. The van der Waals surface area contributed by atoms with E-state index in [-0.39, 0.29) is 18.0 Å². The number of ether oxygens (including phenoxy) is 1. The molecular formula is C22H18F3N3O2. The maximum atomic E-state index is 12.8. The van der Waals surface area contributed by atoms with E-state index in [1.165, 1.54) is 10.5 Å². The molecule has 154 valence electrons. The molecule has 8 heteroatoms. The number of amides is 1. The molecule has 0 radical (unpaired) electrons. The lowest BCUT2D eigenvalue weighted by molar-refractivity contribution is -0.154. The number of carbonyl (C=O) groups is 1. The molecule has 0 N–H and O–H groups in total. The first kappa shape index (κ1) is 19.9. The molecule has 0 bridgehead atoms. The molecule has 0 saturated carbocycles. The van der Waals surface area contributed by atoms with Crippen molar-refractivity contribution in [2.45, 2.75) is 26.2 Å². The summed E-state index contributed by atoms with van der Waals surface area (Å²) in [5.74, 6) is -0.773. The van der Waals surface area contributed by atoms with Crippen molar-refractivity contribution in [1.29, 1.82) is 0 Å². The second-order valence-corrected chi connectivity index (χ2v) is 7.13. The van der Waals surface area contributed by atoms with E-state index in [1.807, 2.05) is 49.4 Å². The fourth-order valence-corrected chi connectivity index (χ4v) is 3.38. The number of halogens is 3. The summed E-state index contributed by atoms with van der Waals surface area (Å²) in [4.78, 5) is 22.0. The highest BCUT2D eigenvalue weighted by atomic mass is 19.4. The van der Waals surface area contributed by atoms with Gasteiger partial charge in [-0.2, -0.15) is 13.2 Å². The van der Waals surface area contributed by atoms with E-state index < -0.39 is 18.7 Å². The van der Waals surface area contributed by atoms with Crippen LogP contribution in [0, 0.1) is 6.92 Å². The van der Waals surface area contributed by atoms with Gasteiger partial charge in [0.1, 0.15) is 11.9 Å². The van der Waals surface area contributed by atoms with Gasteiger partial charge in [-0.1, -0.05) is 54.1 Å². The Balaban J connectivity index is 1.49. The van der Waals surface area contributed by atoms with Crippen molar-refractivity contribution < 1.29 is 22.7 Å². The van der Waals surface area contributed by atoms with Gasteiger partial charge < -0.3 is 9.64 Å². The Morgan fingerprint density at radius 2 is 1.83 bits per heavy atom. The van der Waals surface area contributed by atoms with Crippen molar-refractivity contribution in [3.05, 3.63) is 77.2 Å². The molecule has 0 saturated heterocycles. The molecule has 1 aliphatic heterocycles. The molecule has 30 heavy (non-hydrogen) atoms. The molecule has 2 aromatic carbocycles. The van der Waals surface area contributed by atoms with Gasteiger partial charge in [0.25, 0.3) is 5.91 Å². The summed E-state index contributed by atoms with van der Waals surface area (Å²) in [6.45, 7) is 1.02. The van der Waals surface area contributed by atoms with Gasteiger partial charge in [-0.05, 0) is 23.6 Å². The lowest BCUT2D eigenvalue weighted by atomic mass is 10.0. The van der Waals surface area contributed by atoms with Crippen LogP contribution in [0.5, 0.6) is 5.88 Å². The van der Waals surface area contributed by atoms with Crippen LogP contribution >= 0.6 is 0 Å². The zero-order chi connectivity index (χ0) is 21.3. The lowest BCUT2D eigenvalue weighted by Gasteiger charge is -2.16. The van der Waals surface area contributed by atoms with Gasteiger partial charge in [0.05, 0.1) is 12.2 Å². The SMILES string of the molecule is Cc1cccc(-c2ccc(CN3Cc4ncnc(OCC(F)(F)F)c4C3=O)cc2)c1. The number of aromatic nitrogens is 2. The van der Waals surface area contributed by atoms with Gasteiger partial charge in [-0.25, -0.2) is 9.97 Å². The number of rotatable bonds is 5. The summed E-state index contributed by atoms with van der Waals surface area (Å²) < 4.78 is 42.1.